The normalized spacial score (nSPS) is 16.4. The maximum atomic E-state index is 13.2. The largest absolute Gasteiger partial charge is 0.433 e. The summed E-state index contributed by atoms with van der Waals surface area (Å²) in [5, 5.41) is 0. The minimum atomic E-state index is -4.48. The van der Waals surface area contributed by atoms with Crippen molar-refractivity contribution in [3.63, 3.8) is 0 Å². The molecule has 0 saturated carbocycles. The van der Waals surface area contributed by atoms with E-state index in [0.29, 0.717) is 17.1 Å². The second-order valence-corrected chi connectivity index (χ2v) is 7.44. The van der Waals surface area contributed by atoms with Crippen molar-refractivity contribution < 1.29 is 17.6 Å². The number of nitrogens with zero attached hydrogens (tertiary/aromatic N) is 5. The first-order valence-corrected chi connectivity index (χ1v) is 9.91. The van der Waals surface area contributed by atoms with Crippen LogP contribution in [0.2, 0.25) is 0 Å². The van der Waals surface area contributed by atoms with Gasteiger partial charge in [0.25, 0.3) is 0 Å². The van der Waals surface area contributed by atoms with E-state index in [0.717, 1.165) is 37.8 Å². The van der Waals surface area contributed by atoms with E-state index in [1.807, 2.05) is 0 Å². The molecule has 1 unspecified atom stereocenters. The van der Waals surface area contributed by atoms with Crippen molar-refractivity contribution in [2.24, 2.45) is 0 Å². The maximum Gasteiger partial charge on any atom is 0.433 e. The molecule has 3 heterocycles. The number of rotatable bonds is 4. The lowest BCUT2D eigenvalue weighted by molar-refractivity contribution is -0.141. The fourth-order valence-corrected chi connectivity index (χ4v) is 3.65. The van der Waals surface area contributed by atoms with Gasteiger partial charge in [0, 0.05) is 44.0 Å². The van der Waals surface area contributed by atoms with Crippen molar-refractivity contribution in [2.75, 3.05) is 31.1 Å². The summed E-state index contributed by atoms with van der Waals surface area (Å²) in [5.74, 6) is 0.425. The third kappa shape index (κ3) is 4.82. The first kappa shape index (κ1) is 21.2. The van der Waals surface area contributed by atoms with Crippen LogP contribution >= 0.6 is 0 Å². The summed E-state index contributed by atoms with van der Waals surface area (Å²) in [6.45, 7) is 5.16. The fourth-order valence-electron chi connectivity index (χ4n) is 3.65. The number of alkyl halides is 3. The number of anilines is 1. The van der Waals surface area contributed by atoms with Gasteiger partial charge in [-0.1, -0.05) is 12.1 Å². The highest BCUT2D eigenvalue weighted by molar-refractivity contribution is 5.59. The van der Waals surface area contributed by atoms with Crippen LogP contribution in [0.5, 0.6) is 0 Å². The predicted octanol–water partition coefficient (Wildman–Crippen LogP) is 4.58. The van der Waals surface area contributed by atoms with E-state index in [1.54, 1.807) is 18.3 Å². The van der Waals surface area contributed by atoms with Gasteiger partial charge in [0.1, 0.15) is 17.3 Å². The summed E-state index contributed by atoms with van der Waals surface area (Å²) in [7, 11) is 0. The average Bonchev–Trinajstić information content (AvgIpc) is 2.79. The number of pyridine rings is 1. The third-order valence-corrected chi connectivity index (χ3v) is 5.51. The summed E-state index contributed by atoms with van der Waals surface area (Å²) in [5.41, 5.74) is 1.07. The molecule has 0 radical (unpaired) electrons. The number of aromatic nitrogens is 3. The van der Waals surface area contributed by atoms with Gasteiger partial charge in [0.05, 0.1) is 18.1 Å². The highest BCUT2D eigenvalue weighted by Gasteiger charge is 2.32. The van der Waals surface area contributed by atoms with Gasteiger partial charge in [-0.25, -0.2) is 9.37 Å². The Kier molecular flexibility index (Phi) is 5.86. The molecular formula is C22H21F4N5. The van der Waals surface area contributed by atoms with Crippen LogP contribution in [0, 0.1) is 5.82 Å². The van der Waals surface area contributed by atoms with E-state index in [9.17, 15) is 17.6 Å². The number of piperazine rings is 1. The highest BCUT2D eigenvalue weighted by atomic mass is 19.4. The van der Waals surface area contributed by atoms with E-state index in [-0.39, 0.29) is 11.9 Å². The molecule has 162 valence electrons. The molecule has 2 aromatic heterocycles. The summed E-state index contributed by atoms with van der Waals surface area (Å²) < 4.78 is 51.3. The smallest absolute Gasteiger partial charge is 0.353 e. The molecule has 31 heavy (non-hydrogen) atoms. The van der Waals surface area contributed by atoms with Gasteiger partial charge in [-0.3, -0.25) is 14.9 Å². The SMILES string of the molecule is CC(c1ccc(F)cc1)N1CCN(c2cncc(-c3ccc(C(F)(F)F)nc3)n2)CC1. The molecule has 0 bridgehead atoms. The van der Waals surface area contributed by atoms with E-state index in [1.165, 1.54) is 30.6 Å². The molecule has 3 aromatic rings. The van der Waals surface area contributed by atoms with Crippen LogP contribution in [-0.2, 0) is 6.18 Å². The molecular weight excluding hydrogens is 410 g/mol. The molecule has 0 aliphatic carbocycles. The first-order valence-electron chi connectivity index (χ1n) is 9.91. The quantitative estimate of drug-likeness (QED) is 0.566. The van der Waals surface area contributed by atoms with Crippen LogP contribution < -0.4 is 4.90 Å². The lowest BCUT2D eigenvalue weighted by Crippen LogP contribution is -2.47. The van der Waals surface area contributed by atoms with Crippen molar-refractivity contribution in [1.82, 2.24) is 19.9 Å². The zero-order valence-corrected chi connectivity index (χ0v) is 16.8. The standard InChI is InChI=1S/C22H21F4N5/c1-15(16-2-5-18(23)6-3-16)30-8-10-31(11-9-30)21-14-27-13-19(29-21)17-4-7-20(28-12-17)22(24,25)26/h2-7,12-15H,8-11H2,1H3. The van der Waals surface area contributed by atoms with Crippen LogP contribution in [0.4, 0.5) is 23.4 Å². The Morgan fingerprint density at radius 1 is 0.903 bits per heavy atom. The molecule has 1 atom stereocenters. The van der Waals surface area contributed by atoms with Crippen molar-refractivity contribution in [2.45, 2.75) is 19.1 Å². The Bertz CT molecular complexity index is 1010. The maximum absolute atomic E-state index is 13.2. The van der Waals surface area contributed by atoms with Crippen LogP contribution in [0.25, 0.3) is 11.3 Å². The molecule has 0 spiro atoms. The van der Waals surface area contributed by atoms with Gasteiger partial charge in [-0.2, -0.15) is 13.2 Å². The van der Waals surface area contributed by atoms with Gasteiger partial charge in [-0.05, 0) is 36.8 Å². The zero-order valence-electron chi connectivity index (χ0n) is 16.8. The predicted molar refractivity (Wildman–Crippen MR) is 109 cm³/mol. The Labute approximate surface area is 177 Å². The van der Waals surface area contributed by atoms with Gasteiger partial charge in [-0.15, -0.1) is 0 Å². The van der Waals surface area contributed by atoms with E-state index in [2.05, 4.69) is 31.7 Å². The first-order chi connectivity index (χ1) is 14.8. The van der Waals surface area contributed by atoms with Crippen molar-refractivity contribution in [3.8, 4) is 11.3 Å². The molecule has 1 aromatic carbocycles. The Balaban J connectivity index is 1.43. The van der Waals surface area contributed by atoms with E-state index < -0.39 is 11.9 Å². The Morgan fingerprint density at radius 3 is 2.23 bits per heavy atom. The highest BCUT2D eigenvalue weighted by Crippen LogP contribution is 2.29. The second-order valence-electron chi connectivity index (χ2n) is 7.44. The fraction of sp³-hybridized carbons (Fsp3) is 0.318. The topological polar surface area (TPSA) is 45.2 Å². The van der Waals surface area contributed by atoms with Crippen molar-refractivity contribution in [3.05, 3.63) is 72.1 Å². The molecule has 0 amide bonds. The molecule has 5 nitrogen and oxygen atoms in total. The van der Waals surface area contributed by atoms with Crippen LogP contribution in [-0.4, -0.2) is 46.0 Å². The summed E-state index contributed by atoms with van der Waals surface area (Å²) in [6.07, 6.45) is -0.142. The lowest BCUT2D eigenvalue weighted by Gasteiger charge is -2.38. The summed E-state index contributed by atoms with van der Waals surface area (Å²) in [4.78, 5) is 16.7. The zero-order chi connectivity index (χ0) is 22.0. The molecule has 9 heteroatoms. The molecule has 1 aliphatic rings. The van der Waals surface area contributed by atoms with Crippen molar-refractivity contribution >= 4 is 5.82 Å². The van der Waals surface area contributed by atoms with Crippen LogP contribution in [0.15, 0.2) is 55.0 Å². The van der Waals surface area contributed by atoms with Crippen LogP contribution in [0.3, 0.4) is 0 Å². The summed E-state index contributed by atoms with van der Waals surface area (Å²) >= 11 is 0. The number of halogens is 4. The minimum Gasteiger partial charge on any atom is -0.353 e. The van der Waals surface area contributed by atoms with Gasteiger partial charge >= 0.3 is 6.18 Å². The third-order valence-electron chi connectivity index (χ3n) is 5.51. The monoisotopic (exact) mass is 431 g/mol. The van der Waals surface area contributed by atoms with E-state index in [4.69, 9.17) is 0 Å². The van der Waals surface area contributed by atoms with Crippen molar-refractivity contribution in [1.29, 1.82) is 0 Å². The minimum absolute atomic E-state index is 0.165. The Hall–Kier alpha value is -3.07. The van der Waals surface area contributed by atoms with Gasteiger partial charge in [0.2, 0.25) is 0 Å². The molecule has 1 fully saturated rings. The lowest BCUT2D eigenvalue weighted by atomic mass is 10.1. The molecule has 4 rings (SSSR count). The number of benzene rings is 1. The number of hydrogen-bond donors (Lipinski definition) is 0. The number of hydrogen-bond acceptors (Lipinski definition) is 5. The van der Waals surface area contributed by atoms with E-state index >= 15 is 0 Å². The van der Waals surface area contributed by atoms with Gasteiger partial charge < -0.3 is 4.90 Å². The average molecular weight is 431 g/mol. The second kappa shape index (κ2) is 8.58. The van der Waals surface area contributed by atoms with Gasteiger partial charge in [0.15, 0.2) is 0 Å². The molecule has 0 N–H and O–H groups in total. The molecule has 1 saturated heterocycles. The molecule has 1 aliphatic heterocycles. The van der Waals surface area contributed by atoms with Crippen LogP contribution in [0.1, 0.15) is 24.2 Å². The Morgan fingerprint density at radius 2 is 1.61 bits per heavy atom. The summed E-state index contributed by atoms with van der Waals surface area (Å²) in [6, 6.07) is 9.01.